The van der Waals surface area contributed by atoms with Crippen LogP contribution in [0.3, 0.4) is 0 Å². The number of rotatable bonds is 2. The molecule has 0 bridgehead atoms. The molecule has 4 rings (SSSR count). The van der Waals surface area contributed by atoms with Crippen molar-refractivity contribution in [2.75, 3.05) is 37.7 Å². The van der Waals surface area contributed by atoms with E-state index in [1.807, 2.05) is 9.80 Å². The first-order chi connectivity index (χ1) is 12.9. The smallest absolute Gasteiger partial charge is 0.381 e. The number of carbonyl (C=O) groups is 1. The highest BCUT2D eigenvalue weighted by molar-refractivity contribution is 5.86. The summed E-state index contributed by atoms with van der Waals surface area (Å²) in [7, 11) is 0. The van der Waals surface area contributed by atoms with Crippen molar-refractivity contribution in [1.82, 2.24) is 9.88 Å². The molecule has 0 saturated carbocycles. The molecular weight excluding hydrogens is 359 g/mol. The minimum atomic E-state index is -4.39. The lowest BCUT2D eigenvalue weighted by Gasteiger charge is -2.40. The van der Waals surface area contributed by atoms with Crippen LogP contribution in [0.5, 0.6) is 0 Å². The van der Waals surface area contributed by atoms with Crippen LogP contribution in [0.2, 0.25) is 0 Å². The SMILES string of the molecule is O=C1N(C2CCOCC2)CC[C@@]12CCCN(c1ccc(C(F)(F)F)cn1)C2. The molecule has 0 N–H and O–H groups in total. The number of carbonyl (C=O) groups excluding carboxylic acids is 1. The monoisotopic (exact) mass is 383 g/mol. The molecule has 5 nitrogen and oxygen atoms in total. The highest BCUT2D eigenvalue weighted by atomic mass is 19.4. The van der Waals surface area contributed by atoms with Crippen molar-refractivity contribution in [2.24, 2.45) is 5.41 Å². The number of hydrogen-bond acceptors (Lipinski definition) is 4. The molecule has 3 aliphatic heterocycles. The number of anilines is 1. The van der Waals surface area contributed by atoms with Gasteiger partial charge in [0.15, 0.2) is 0 Å². The third kappa shape index (κ3) is 3.51. The summed E-state index contributed by atoms with van der Waals surface area (Å²) in [6, 6.07) is 2.73. The zero-order valence-corrected chi connectivity index (χ0v) is 15.2. The average molecular weight is 383 g/mol. The average Bonchev–Trinajstić information content (AvgIpc) is 2.98. The molecule has 148 valence electrons. The molecule has 0 aliphatic carbocycles. The van der Waals surface area contributed by atoms with Crippen LogP contribution in [0.4, 0.5) is 19.0 Å². The van der Waals surface area contributed by atoms with Gasteiger partial charge >= 0.3 is 6.18 Å². The number of nitrogens with zero attached hydrogens (tertiary/aromatic N) is 3. The maximum Gasteiger partial charge on any atom is 0.417 e. The fourth-order valence-corrected chi connectivity index (χ4v) is 4.64. The Bertz CT molecular complexity index is 688. The number of piperidine rings is 1. The fourth-order valence-electron chi connectivity index (χ4n) is 4.64. The number of amides is 1. The number of aromatic nitrogens is 1. The molecular formula is C19H24F3N3O2. The third-order valence-electron chi connectivity index (χ3n) is 6.15. The molecule has 0 radical (unpaired) electrons. The van der Waals surface area contributed by atoms with Gasteiger partial charge in [0, 0.05) is 45.1 Å². The second-order valence-corrected chi connectivity index (χ2v) is 7.80. The summed E-state index contributed by atoms with van der Waals surface area (Å²) >= 11 is 0. The zero-order valence-electron chi connectivity index (χ0n) is 15.2. The third-order valence-corrected chi connectivity index (χ3v) is 6.15. The Morgan fingerprint density at radius 3 is 2.59 bits per heavy atom. The van der Waals surface area contributed by atoms with Gasteiger partial charge in [-0.3, -0.25) is 4.79 Å². The van der Waals surface area contributed by atoms with Crippen LogP contribution in [0.15, 0.2) is 18.3 Å². The summed E-state index contributed by atoms with van der Waals surface area (Å²) in [6.45, 7) is 3.40. The molecule has 0 unspecified atom stereocenters. The molecule has 27 heavy (non-hydrogen) atoms. The van der Waals surface area contributed by atoms with Crippen molar-refractivity contribution in [3.05, 3.63) is 23.9 Å². The van der Waals surface area contributed by atoms with E-state index < -0.39 is 17.2 Å². The van der Waals surface area contributed by atoms with Gasteiger partial charge in [-0.1, -0.05) is 0 Å². The van der Waals surface area contributed by atoms with Gasteiger partial charge in [0.2, 0.25) is 5.91 Å². The van der Waals surface area contributed by atoms with Crippen molar-refractivity contribution < 1.29 is 22.7 Å². The van der Waals surface area contributed by atoms with Crippen LogP contribution in [0.25, 0.3) is 0 Å². The predicted molar refractivity (Wildman–Crippen MR) is 93.3 cm³/mol. The quantitative estimate of drug-likeness (QED) is 0.787. The lowest BCUT2D eigenvalue weighted by Crippen LogP contribution is -2.50. The summed E-state index contributed by atoms with van der Waals surface area (Å²) in [6.07, 6.45) is 0.735. The van der Waals surface area contributed by atoms with Crippen LogP contribution < -0.4 is 4.90 Å². The van der Waals surface area contributed by atoms with Crippen molar-refractivity contribution >= 4 is 11.7 Å². The summed E-state index contributed by atoms with van der Waals surface area (Å²) in [5, 5.41) is 0. The van der Waals surface area contributed by atoms with E-state index in [0.717, 1.165) is 50.9 Å². The van der Waals surface area contributed by atoms with E-state index in [0.29, 0.717) is 32.1 Å². The lowest BCUT2D eigenvalue weighted by molar-refractivity contribution is -0.140. The summed E-state index contributed by atoms with van der Waals surface area (Å²) in [5.74, 6) is 0.713. The molecule has 4 heterocycles. The van der Waals surface area contributed by atoms with Gasteiger partial charge in [-0.2, -0.15) is 13.2 Å². The number of ether oxygens (including phenoxy) is 1. The van der Waals surface area contributed by atoms with E-state index in [1.165, 1.54) is 6.07 Å². The zero-order chi connectivity index (χ0) is 19.1. The van der Waals surface area contributed by atoms with Gasteiger partial charge in [-0.25, -0.2) is 4.98 Å². The lowest BCUT2D eigenvalue weighted by atomic mass is 9.78. The molecule has 1 spiro atoms. The van der Waals surface area contributed by atoms with Crippen LogP contribution in [-0.2, 0) is 15.7 Å². The van der Waals surface area contributed by atoms with Crippen molar-refractivity contribution in [3.8, 4) is 0 Å². The Morgan fingerprint density at radius 2 is 1.93 bits per heavy atom. The van der Waals surface area contributed by atoms with E-state index in [2.05, 4.69) is 4.98 Å². The van der Waals surface area contributed by atoms with Gasteiger partial charge in [0.1, 0.15) is 5.82 Å². The first-order valence-corrected chi connectivity index (χ1v) is 9.56. The van der Waals surface area contributed by atoms with Gasteiger partial charge in [0.25, 0.3) is 0 Å². The van der Waals surface area contributed by atoms with Gasteiger partial charge in [-0.05, 0) is 44.2 Å². The van der Waals surface area contributed by atoms with Crippen molar-refractivity contribution in [1.29, 1.82) is 0 Å². The van der Waals surface area contributed by atoms with Crippen molar-refractivity contribution in [3.63, 3.8) is 0 Å². The second-order valence-electron chi connectivity index (χ2n) is 7.80. The van der Waals surface area contributed by atoms with Crippen LogP contribution in [0.1, 0.15) is 37.7 Å². The normalized spacial score (nSPS) is 27.6. The van der Waals surface area contributed by atoms with Crippen LogP contribution >= 0.6 is 0 Å². The molecule has 1 aromatic rings. The number of likely N-dealkylation sites (tertiary alicyclic amines) is 1. The minimum Gasteiger partial charge on any atom is -0.381 e. The summed E-state index contributed by atoms with van der Waals surface area (Å²) < 4.78 is 43.7. The maximum atomic E-state index is 13.2. The predicted octanol–water partition coefficient (Wildman–Crippen LogP) is 3.10. The molecule has 1 amide bonds. The second kappa shape index (κ2) is 6.96. The standard InChI is InChI=1S/C19H24F3N3O2/c20-19(21,22)14-2-3-16(23-12-14)24-8-1-6-18(13-24)7-9-25(17(18)26)15-4-10-27-11-5-15/h2-3,12,15H,1,4-11,13H2/t18-/m1/s1. The first kappa shape index (κ1) is 18.5. The number of halogens is 3. The Balaban J connectivity index is 1.48. The van der Waals surface area contributed by atoms with E-state index in [9.17, 15) is 18.0 Å². The first-order valence-electron chi connectivity index (χ1n) is 9.56. The van der Waals surface area contributed by atoms with Gasteiger partial charge in [-0.15, -0.1) is 0 Å². The van der Waals surface area contributed by atoms with Crippen molar-refractivity contribution in [2.45, 2.75) is 44.3 Å². The van der Waals surface area contributed by atoms with E-state index in [1.54, 1.807) is 0 Å². The van der Waals surface area contributed by atoms with E-state index in [-0.39, 0.29) is 11.9 Å². The van der Waals surface area contributed by atoms with E-state index >= 15 is 0 Å². The number of alkyl halides is 3. The highest BCUT2D eigenvalue weighted by Gasteiger charge is 2.50. The Labute approximate surface area is 156 Å². The Kier molecular flexibility index (Phi) is 4.78. The fraction of sp³-hybridized carbons (Fsp3) is 0.684. The number of hydrogen-bond donors (Lipinski definition) is 0. The van der Waals surface area contributed by atoms with Crippen LogP contribution in [-0.4, -0.2) is 54.7 Å². The summed E-state index contributed by atoms with van der Waals surface area (Å²) in [4.78, 5) is 21.2. The van der Waals surface area contributed by atoms with Gasteiger partial charge < -0.3 is 14.5 Å². The number of pyridine rings is 1. The van der Waals surface area contributed by atoms with Crippen LogP contribution in [0, 0.1) is 5.41 Å². The molecule has 3 saturated heterocycles. The molecule has 3 fully saturated rings. The van der Waals surface area contributed by atoms with E-state index in [4.69, 9.17) is 4.74 Å². The minimum absolute atomic E-state index is 0.200. The Morgan fingerprint density at radius 1 is 1.15 bits per heavy atom. The molecule has 3 aliphatic rings. The maximum absolute atomic E-state index is 13.2. The topological polar surface area (TPSA) is 45.7 Å². The molecule has 8 heteroatoms. The van der Waals surface area contributed by atoms with Gasteiger partial charge in [0.05, 0.1) is 11.0 Å². The summed E-state index contributed by atoms with van der Waals surface area (Å²) in [5.41, 5.74) is -1.18. The molecule has 0 aromatic carbocycles. The highest BCUT2D eigenvalue weighted by Crippen LogP contribution is 2.42. The molecule has 1 atom stereocenters. The molecule has 1 aromatic heterocycles. The largest absolute Gasteiger partial charge is 0.417 e. The Hall–Kier alpha value is -1.83.